The summed E-state index contributed by atoms with van der Waals surface area (Å²) in [6, 6.07) is 6.73. The molecule has 1 saturated heterocycles. The van der Waals surface area contributed by atoms with Crippen LogP contribution in [0.3, 0.4) is 0 Å². The van der Waals surface area contributed by atoms with Gasteiger partial charge in [-0.25, -0.2) is 4.90 Å². The maximum atomic E-state index is 13.2. The third-order valence-electron chi connectivity index (χ3n) is 5.23. The van der Waals surface area contributed by atoms with Crippen molar-refractivity contribution in [2.45, 2.75) is 71.4 Å². The Kier molecular flexibility index (Phi) is 5.93. The first-order chi connectivity index (χ1) is 12.7. The van der Waals surface area contributed by atoms with E-state index in [9.17, 15) is 14.4 Å². The molecule has 1 aromatic rings. The van der Waals surface area contributed by atoms with E-state index >= 15 is 0 Å². The molecule has 0 spiro atoms. The average Bonchev–Trinajstić information content (AvgIpc) is 3.17. The van der Waals surface area contributed by atoms with Crippen molar-refractivity contribution in [3.05, 3.63) is 27.8 Å². The van der Waals surface area contributed by atoms with Gasteiger partial charge < -0.3 is 4.90 Å². The van der Waals surface area contributed by atoms with E-state index in [1.165, 1.54) is 4.90 Å². The molecular weight excluding hydrogens is 455 g/mol. The van der Waals surface area contributed by atoms with Crippen LogP contribution < -0.4 is 4.90 Å². The van der Waals surface area contributed by atoms with Crippen LogP contribution in [0.5, 0.6) is 0 Å². The Labute approximate surface area is 174 Å². The van der Waals surface area contributed by atoms with Crippen molar-refractivity contribution >= 4 is 46.0 Å². The summed E-state index contributed by atoms with van der Waals surface area (Å²) in [6.45, 7) is 6.08. The van der Waals surface area contributed by atoms with Gasteiger partial charge in [0.1, 0.15) is 6.04 Å². The van der Waals surface area contributed by atoms with Crippen LogP contribution in [0.1, 0.15) is 59.3 Å². The number of halogens is 1. The van der Waals surface area contributed by atoms with Crippen LogP contribution in [-0.2, 0) is 14.4 Å². The SMILES string of the molecule is CC(C)(C)CC(=O)N(C1CCCC1)C1CC(=O)N(c2ccc(I)cc2)C1=O. The summed E-state index contributed by atoms with van der Waals surface area (Å²) in [6.07, 6.45) is 4.43. The molecule has 27 heavy (non-hydrogen) atoms. The van der Waals surface area contributed by atoms with Gasteiger partial charge in [-0.3, -0.25) is 14.4 Å². The fourth-order valence-corrected chi connectivity index (χ4v) is 4.41. The fraction of sp³-hybridized carbons (Fsp3) is 0.571. The quantitative estimate of drug-likeness (QED) is 0.479. The first-order valence-corrected chi connectivity index (χ1v) is 10.7. The Balaban J connectivity index is 1.88. The molecule has 2 fully saturated rings. The number of carbonyl (C=O) groups is 3. The molecule has 0 bridgehead atoms. The van der Waals surface area contributed by atoms with Crippen LogP contribution in [0.2, 0.25) is 0 Å². The smallest absolute Gasteiger partial charge is 0.257 e. The zero-order valence-corrected chi connectivity index (χ0v) is 18.4. The molecule has 5 nitrogen and oxygen atoms in total. The molecule has 146 valence electrons. The number of benzene rings is 1. The number of hydrogen-bond donors (Lipinski definition) is 0. The third-order valence-corrected chi connectivity index (χ3v) is 5.95. The van der Waals surface area contributed by atoms with Crippen LogP contribution in [0.25, 0.3) is 0 Å². The molecule has 1 heterocycles. The Morgan fingerprint density at radius 1 is 1.15 bits per heavy atom. The lowest BCUT2D eigenvalue weighted by Gasteiger charge is -2.35. The lowest BCUT2D eigenvalue weighted by atomic mass is 9.90. The maximum absolute atomic E-state index is 13.2. The van der Waals surface area contributed by atoms with Gasteiger partial charge in [0.25, 0.3) is 5.91 Å². The fourth-order valence-electron chi connectivity index (χ4n) is 4.05. The van der Waals surface area contributed by atoms with Gasteiger partial charge in [0.15, 0.2) is 0 Å². The second-order valence-corrected chi connectivity index (χ2v) is 9.99. The van der Waals surface area contributed by atoms with E-state index in [0.717, 1.165) is 29.3 Å². The van der Waals surface area contributed by atoms with Crippen LogP contribution in [0.4, 0.5) is 5.69 Å². The molecule has 0 radical (unpaired) electrons. The van der Waals surface area contributed by atoms with Crippen LogP contribution in [0, 0.1) is 8.99 Å². The molecule has 2 aliphatic rings. The van der Waals surface area contributed by atoms with Gasteiger partial charge in [0.05, 0.1) is 12.1 Å². The van der Waals surface area contributed by atoms with Gasteiger partial charge in [-0.2, -0.15) is 0 Å². The van der Waals surface area contributed by atoms with Crippen molar-refractivity contribution in [3.8, 4) is 0 Å². The minimum atomic E-state index is -0.672. The standard InChI is InChI=1S/C21H27IN2O3/c1-21(2,3)13-19(26)23(15-6-4-5-7-15)17-12-18(25)24(20(17)27)16-10-8-14(22)9-11-16/h8-11,15,17H,4-7,12-13H2,1-3H3. The van der Waals surface area contributed by atoms with E-state index in [-0.39, 0.29) is 35.6 Å². The number of nitrogens with zero attached hydrogens (tertiary/aromatic N) is 2. The first-order valence-electron chi connectivity index (χ1n) is 9.61. The highest BCUT2D eigenvalue weighted by molar-refractivity contribution is 14.1. The number of anilines is 1. The molecule has 1 aromatic carbocycles. The van der Waals surface area contributed by atoms with Crippen molar-refractivity contribution in [1.29, 1.82) is 0 Å². The first kappa shape index (κ1) is 20.3. The van der Waals surface area contributed by atoms with Gasteiger partial charge in [-0.1, -0.05) is 33.6 Å². The highest BCUT2D eigenvalue weighted by Gasteiger charge is 2.47. The lowest BCUT2D eigenvalue weighted by molar-refractivity contribution is -0.142. The predicted molar refractivity (Wildman–Crippen MR) is 113 cm³/mol. The minimum Gasteiger partial charge on any atom is -0.327 e. The van der Waals surface area contributed by atoms with Gasteiger partial charge in [0.2, 0.25) is 11.8 Å². The summed E-state index contributed by atoms with van der Waals surface area (Å²) in [5.74, 6) is -0.502. The average molecular weight is 482 g/mol. The summed E-state index contributed by atoms with van der Waals surface area (Å²) in [4.78, 5) is 42.0. The molecule has 1 saturated carbocycles. The zero-order valence-electron chi connectivity index (χ0n) is 16.2. The van der Waals surface area contributed by atoms with Crippen molar-refractivity contribution in [1.82, 2.24) is 4.90 Å². The Hall–Kier alpha value is -1.44. The summed E-state index contributed by atoms with van der Waals surface area (Å²) in [5, 5.41) is 0. The monoisotopic (exact) mass is 482 g/mol. The van der Waals surface area contributed by atoms with E-state index in [1.807, 2.05) is 32.9 Å². The molecule has 0 N–H and O–H groups in total. The van der Waals surface area contributed by atoms with E-state index in [1.54, 1.807) is 17.0 Å². The third kappa shape index (κ3) is 4.52. The second-order valence-electron chi connectivity index (χ2n) is 8.74. The molecule has 3 amide bonds. The van der Waals surface area contributed by atoms with E-state index in [2.05, 4.69) is 22.6 Å². The number of imide groups is 1. The van der Waals surface area contributed by atoms with E-state index < -0.39 is 6.04 Å². The van der Waals surface area contributed by atoms with Crippen molar-refractivity contribution in [3.63, 3.8) is 0 Å². The van der Waals surface area contributed by atoms with Gasteiger partial charge in [-0.15, -0.1) is 0 Å². The molecule has 1 aliphatic heterocycles. The molecule has 6 heteroatoms. The normalized spacial score (nSPS) is 21.2. The number of rotatable bonds is 4. The molecule has 3 rings (SSSR count). The maximum Gasteiger partial charge on any atom is 0.257 e. The summed E-state index contributed by atoms with van der Waals surface area (Å²) in [7, 11) is 0. The highest BCUT2D eigenvalue weighted by atomic mass is 127. The number of hydrogen-bond acceptors (Lipinski definition) is 3. The van der Waals surface area contributed by atoms with E-state index in [4.69, 9.17) is 0 Å². The summed E-state index contributed by atoms with van der Waals surface area (Å²) >= 11 is 2.19. The largest absolute Gasteiger partial charge is 0.327 e. The van der Waals surface area contributed by atoms with Gasteiger partial charge >= 0.3 is 0 Å². The molecule has 1 unspecified atom stereocenters. The summed E-state index contributed by atoms with van der Waals surface area (Å²) < 4.78 is 1.04. The van der Waals surface area contributed by atoms with E-state index in [0.29, 0.717) is 12.1 Å². The Bertz CT molecular complexity index is 733. The summed E-state index contributed by atoms with van der Waals surface area (Å²) in [5.41, 5.74) is 0.428. The second kappa shape index (κ2) is 7.89. The highest BCUT2D eigenvalue weighted by Crippen LogP contribution is 2.33. The van der Waals surface area contributed by atoms with Crippen molar-refractivity contribution in [2.75, 3.05) is 4.90 Å². The van der Waals surface area contributed by atoms with Gasteiger partial charge in [-0.05, 0) is 65.1 Å². The van der Waals surface area contributed by atoms with Crippen LogP contribution >= 0.6 is 22.6 Å². The van der Waals surface area contributed by atoms with Crippen molar-refractivity contribution in [2.24, 2.45) is 5.41 Å². The Morgan fingerprint density at radius 3 is 2.30 bits per heavy atom. The number of amides is 3. The van der Waals surface area contributed by atoms with Gasteiger partial charge in [0, 0.05) is 16.0 Å². The number of carbonyl (C=O) groups excluding carboxylic acids is 3. The molecular formula is C21H27IN2O3. The van der Waals surface area contributed by atoms with Crippen LogP contribution in [-0.4, -0.2) is 34.7 Å². The molecule has 1 atom stereocenters. The topological polar surface area (TPSA) is 57.7 Å². The lowest BCUT2D eigenvalue weighted by Crippen LogP contribution is -2.50. The Morgan fingerprint density at radius 2 is 1.74 bits per heavy atom. The van der Waals surface area contributed by atoms with Crippen LogP contribution in [0.15, 0.2) is 24.3 Å². The van der Waals surface area contributed by atoms with Crippen molar-refractivity contribution < 1.29 is 14.4 Å². The zero-order chi connectivity index (χ0) is 19.8. The molecule has 0 aromatic heterocycles. The predicted octanol–water partition coefficient (Wildman–Crippen LogP) is 4.13. The minimum absolute atomic E-state index is 0.00925. The molecule has 1 aliphatic carbocycles.